The Kier molecular flexibility index (Phi) is 7.38. The van der Waals surface area contributed by atoms with Crippen molar-refractivity contribution in [3.05, 3.63) is 193 Å². The van der Waals surface area contributed by atoms with Gasteiger partial charge in [-0.3, -0.25) is 4.98 Å². The molecule has 1 aliphatic carbocycles. The van der Waals surface area contributed by atoms with Crippen LogP contribution in [0.2, 0.25) is 0 Å². The number of para-hydroxylation sites is 1. The van der Waals surface area contributed by atoms with Crippen molar-refractivity contribution in [2.75, 3.05) is 4.90 Å². The maximum atomic E-state index is 4.56. The van der Waals surface area contributed by atoms with E-state index < -0.39 is 0 Å². The molecule has 0 saturated carbocycles. The van der Waals surface area contributed by atoms with Crippen molar-refractivity contribution in [1.82, 2.24) is 4.98 Å². The van der Waals surface area contributed by atoms with Gasteiger partial charge in [-0.05, 0) is 123 Å². The van der Waals surface area contributed by atoms with Crippen LogP contribution in [0.1, 0.15) is 25.0 Å². The summed E-state index contributed by atoms with van der Waals surface area (Å²) in [6.45, 7) is 4.75. The lowest BCUT2D eigenvalue weighted by Gasteiger charge is -2.25. The first-order chi connectivity index (χ1) is 26.0. The van der Waals surface area contributed by atoms with Gasteiger partial charge in [-0.15, -0.1) is 11.3 Å². The largest absolute Gasteiger partial charge is 0.310 e. The quantitative estimate of drug-likeness (QED) is 0.172. The lowest BCUT2D eigenvalue weighted by Crippen LogP contribution is -2.15. The molecule has 0 unspecified atom stereocenters. The fourth-order valence-corrected chi connectivity index (χ4v) is 9.22. The third-order valence-corrected chi connectivity index (χ3v) is 12.1. The molecule has 0 fully saturated rings. The Morgan fingerprint density at radius 3 is 1.64 bits per heavy atom. The number of hydrogen-bond donors (Lipinski definition) is 0. The number of anilines is 3. The fraction of sp³-hybridized carbons (Fsp3) is 0.0600. The van der Waals surface area contributed by atoms with Gasteiger partial charge in [0.2, 0.25) is 0 Å². The highest BCUT2D eigenvalue weighted by molar-refractivity contribution is 7.25. The van der Waals surface area contributed by atoms with E-state index in [1.165, 1.54) is 64.7 Å². The molecule has 3 heteroatoms. The van der Waals surface area contributed by atoms with E-state index in [4.69, 9.17) is 0 Å². The molecule has 10 rings (SSSR count). The molecule has 252 valence electrons. The van der Waals surface area contributed by atoms with Gasteiger partial charge >= 0.3 is 0 Å². The minimum atomic E-state index is -0.101. The van der Waals surface area contributed by atoms with Crippen molar-refractivity contribution in [3.63, 3.8) is 0 Å². The van der Waals surface area contributed by atoms with E-state index in [0.29, 0.717) is 0 Å². The zero-order valence-corrected chi connectivity index (χ0v) is 30.4. The van der Waals surface area contributed by atoms with Gasteiger partial charge < -0.3 is 4.90 Å². The van der Waals surface area contributed by atoms with Crippen LogP contribution in [0.25, 0.3) is 64.8 Å². The Morgan fingerprint density at radius 1 is 0.434 bits per heavy atom. The van der Waals surface area contributed by atoms with E-state index in [1.807, 2.05) is 29.7 Å². The number of nitrogens with zero attached hydrogens (tertiary/aromatic N) is 2. The Hall–Kier alpha value is -6.29. The Bertz CT molecular complexity index is 2780. The van der Waals surface area contributed by atoms with E-state index in [-0.39, 0.29) is 5.41 Å². The Morgan fingerprint density at radius 2 is 0.962 bits per heavy atom. The van der Waals surface area contributed by atoms with E-state index in [2.05, 4.69) is 188 Å². The second-order valence-electron chi connectivity index (χ2n) is 14.4. The van der Waals surface area contributed by atoms with Crippen LogP contribution in [0.15, 0.2) is 182 Å². The number of benzene rings is 7. The van der Waals surface area contributed by atoms with Gasteiger partial charge in [-0.25, -0.2) is 0 Å². The summed E-state index contributed by atoms with van der Waals surface area (Å²) in [5.74, 6) is 0. The smallest absolute Gasteiger partial charge is 0.0701 e. The molecule has 0 radical (unpaired) electrons. The topological polar surface area (TPSA) is 16.1 Å². The first-order valence-electron chi connectivity index (χ1n) is 18.2. The van der Waals surface area contributed by atoms with Gasteiger partial charge in [-0.1, -0.05) is 111 Å². The maximum Gasteiger partial charge on any atom is 0.0701 e. The minimum absolute atomic E-state index is 0.101. The standard InChI is InChI=1S/C50H36N2S/c1-50(2)45-30-36(33-11-5-3-6-12-33)18-24-41(45)42-25-19-37(31-46(42)50)35-20-26-48-43(29-35)44-32-40(23-27-49(44)53-48)52(38-13-7-4-8-14-38)39-21-16-34(17-22-39)47-15-9-10-28-51-47/h3-32H,1-2H3. The molecule has 0 bridgehead atoms. The van der Waals surface area contributed by atoms with Gasteiger partial charge in [-0.2, -0.15) is 0 Å². The molecule has 0 spiro atoms. The molecule has 2 nitrogen and oxygen atoms in total. The van der Waals surface area contributed by atoms with Crippen molar-refractivity contribution in [3.8, 4) is 44.6 Å². The zero-order chi connectivity index (χ0) is 35.5. The van der Waals surface area contributed by atoms with Crippen LogP contribution in [0.5, 0.6) is 0 Å². The van der Waals surface area contributed by atoms with Crippen LogP contribution in [0, 0.1) is 0 Å². The number of fused-ring (bicyclic) bond motifs is 6. The molecular formula is C50H36N2S. The van der Waals surface area contributed by atoms with Crippen LogP contribution >= 0.6 is 11.3 Å². The van der Waals surface area contributed by atoms with Gasteiger partial charge in [0.1, 0.15) is 0 Å². The fourth-order valence-electron chi connectivity index (χ4n) is 8.15. The molecule has 53 heavy (non-hydrogen) atoms. The second-order valence-corrected chi connectivity index (χ2v) is 15.5. The van der Waals surface area contributed by atoms with Crippen molar-refractivity contribution in [1.29, 1.82) is 0 Å². The van der Waals surface area contributed by atoms with Gasteiger partial charge in [0, 0.05) is 54.4 Å². The molecule has 0 saturated heterocycles. The van der Waals surface area contributed by atoms with Crippen molar-refractivity contribution in [2.24, 2.45) is 0 Å². The van der Waals surface area contributed by atoms with Crippen LogP contribution in [-0.4, -0.2) is 4.98 Å². The number of aromatic nitrogens is 1. The zero-order valence-electron chi connectivity index (χ0n) is 29.6. The number of hydrogen-bond acceptors (Lipinski definition) is 3. The van der Waals surface area contributed by atoms with Crippen LogP contribution in [-0.2, 0) is 5.41 Å². The average molecular weight is 697 g/mol. The highest BCUT2D eigenvalue weighted by Crippen LogP contribution is 2.51. The summed E-state index contributed by atoms with van der Waals surface area (Å²) < 4.78 is 2.59. The highest BCUT2D eigenvalue weighted by atomic mass is 32.1. The minimum Gasteiger partial charge on any atom is -0.310 e. The molecule has 9 aromatic rings. The molecular weight excluding hydrogens is 661 g/mol. The first-order valence-corrected chi connectivity index (χ1v) is 19.0. The predicted octanol–water partition coefficient (Wildman–Crippen LogP) is 14.2. The molecule has 0 N–H and O–H groups in total. The lowest BCUT2D eigenvalue weighted by atomic mass is 9.81. The van der Waals surface area contributed by atoms with Gasteiger partial charge in [0.25, 0.3) is 0 Å². The third kappa shape index (κ3) is 5.35. The van der Waals surface area contributed by atoms with Crippen LogP contribution < -0.4 is 4.90 Å². The third-order valence-electron chi connectivity index (χ3n) is 10.9. The van der Waals surface area contributed by atoms with E-state index in [1.54, 1.807) is 0 Å². The molecule has 2 aromatic heterocycles. The normalized spacial score (nSPS) is 12.9. The van der Waals surface area contributed by atoms with Crippen molar-refractivity contribution in [2.45, 2.75) is 19.3 Å². The molecule has 2 heterocycles. The summed E-state index contributed by atoms with van der Waals surface area (Å²) in [7, 11) is 0. The molecule has 1 aliphatic rings. The second kappa shape index (κ2) is 12.4. The van der Waals surface area contributed by atoms with E-state index in [0.717, 1.165) is 28.3 Å². The number of pyridine rings is 1. The van der Waals surface area contributed by atoms with Crippen LogP contribution in [0.4, 0.5) is 17.1 Å². The summed E-state index contributed by atoms with van der Waals surface area (Å²) in [5.41, 5.74) is 15.8. The highest BCUT2D eigenvalue weighted by Gasteiger charge is 2.36. The molecule has 0 atom stereocenters. The van der Waals surface area contributed by atoms with Crippen LogP contribution in [0.3, 0.4) is 0 Å². The van der Waals surface area contributed by atoms with Gasteiger partial charge in [0.05, 0.1) is 5.69 Å². The van der Waals surface area contributed by atoms with Crippen molar-refractivity contribution >= 4 is 48.6 Å². The monoisotopic (exact) mass is 696 g/mol. The molecule has 7 aromatic carbocycles. The van der Waals surface area contributed by atoms with E-state index in [9.17, 15) is 0 Å². The predicted molar refractivity (Wildman–Crippen MR) is 226 cm³/mol. The molecule has 0 amide bonds. The average Bonchev–Trinajstić information content (AvgIpc) is 3.69. The number of thiophene rings is 1. The summed E-state index contributed by atoms with van der Waals surface area (Å²) in [6.07, 6.45) is 1.84. The van der Waals surface area contributed by atoms with Crippen molar-refractivity contribution < 1.29 is 0 Å². The summed E-state index contributed by atoms with van der Waals surface area (Å²) in [6, 6.07) is 64.1. The number of rotatable bonds is 6. The Labute approximate surface area is 314 Å². The summed E-state index contributed by atoms with van der Waals surface area (Å²) >= 11 is 1.86. The first kappa shape index (κ1) is 31.4. The molecule has 0 aliphatic heterocycles. The summed E-state index contributed by atoms with van der Waals surface area (Å²) in [4.78, 5) is 6.91. The van der Waals surface area contributed by atoms with E-state index >= 15 is 0 Å². The lowest BCUT2D eigenvalue weighted by molar-refractivity contribution is 0.661. The van der Waals surface area contributed by atoms with Gasteiger partial charge in [0.15, 0.2) is 0 Å². The SMILES string of the molecule is CC1(C)c2cc(-c3ccccc3)ccc2-c2ccc(-c3ccc4sc5ccc(N(c6ccccc6)c6ccc(-c7ccccn7)cc6)cc5c4c3)cc21. The Balaban J connectivity index is 1.04. The maximum absolute atomic E-state index is 4.56. The summed E-state index contributed by atoms with van der Waals surface area (Å²) in [5, 5.41) is 2.57.